The molecule has 1 fully saturated rings. The summed E-state index contributed by atoms with van der Waals surface area (Å²) in [7, 11) is 1.53. The van der Waals surface area contributed by atoms with Crippen molar-refractivity contribution in [2.75, 3.05) is 26.9 Å². The highest BCUT2D eigenvalue weighted by Crippen LogP contribution is 2.40. The molecule has 0 spiro atoms. The summed E-state index contributed by atoms with van der Waals surface area (Å²) in [5.41, 5.74) is 8.50. The number of hydrogen-bond donors (Lipinski definition) is 3. The van der Waals surface area contributed by atoms with Gasteiger partial charge in [-0.05, 0) is 94.3 Å². The van der Waals surface area contributed by atoms with Gasteiger partial charge in [0.05, 0.1) is 12.2 Å². The molecule has 4 N–H and O–H groups in total. The minimum absolute atomic E-state index is 0.00393. The van der Waals surface area contributed by atoms with E-state index in [0.29, 0.717) is 17.1 Å². The summed E-state index contributed by atoms with van der Waals surface area (Å²) in [6.07, 6.45) is 3.10. The minimum Gasteiger partial charge on any atom is -0.488 e. The molecular weight excluding hydrogens is 609 g/mol. The predicted octanol–water partition coefficient (Wildman–Crippen LogP) is 7.14. The van der Waals surface area contributed by atoms with Crippen LogP contribution in [0.2, 0.25) is 5.02 Å². The van der Waals surface area contributed by atoms with Crippen molar-refractivity contribution < 1.29 is 28.2 Å². The highest BCUT2D eigenvalue weighted by atomic mass is 35.5. The van der Waals surface area contributed by atoms with Gasteiger partial charge in [0.1, 0.15) is 12.2 Å². The third kappa shape index (κ3) is 9.21. The summed E-state index contributed by atoms with van der Waals surface area (Å²) in [6.45, 7) is 8.56. The zero-order valence-corrected chi connectivity index (χ0v) is 28.0. The number of aryl methyl sites for hydroxylation is 1. The average Bonchev–Trinajstić information content (AvgIpc) is 2.99. The van der Waals surface area contributed by atoms with Crippen LogP contribution in [-0.4, -0.2) is 56.6 Å². The number of methoxy groups -OCH3 is 1. The van der Waals surface area contributed by atoms with E-state index in [1.54, 1.807) is 6.07 Å². The molecule has 1 atom stereocenters. The molecule has 1 unspecified atom stereocenters. The van der Waals surface area contributed by atoms with E-state index in [1.807, 2.05) is 52.0 Å². The first-order chi connectivity index (χ1) is 21.9. The van der Waals surface area contributed by atoms with E-state index in [2.05, 4.69) is 22.8 Å². The number of carbonyl (C=O) groups excluding carboxylic acids is 2. The quantitative estimate of drug-likeness (QED) is 0.179. The molecule has 0 bridgehead atoms. The Balaban J connectivity index is 1.61. The maximum Gasteiger partial charge on any atom is 0.407 e. The van der Waals surface area contributed by atoms with Crippen LogP contribution in [-0.2, 0) is 9.47 Å². The monoisotopic (exact) mass is 653 g/mol. The lowest BCUT2D eigenvalue weighted by molar-refractivity contribution is 0.0489. The van der Waals surface area contributed by atoms with E-state index in [0.717, 1.165) is 42.4 Å². The fourth-order valence-electron chi connectivity index (χ4n) is 5.92. The van der Waals surface area contributed by atoms with Gasteiger partial charge in [0.15, 0.2) is 11.6 Å². The summed E-state index contributed by atoms with van der Waals surface area (Å²) in [5, 5.41) is 7.05. The molecular formula is C36H45ClFN3O5. The Labute approximate surface area is 276 Å². The van der Waals surface area contributed by atoms with Gasteiger partial charge in [0.2, 0.25) is 5.91 Å². The first-order valence-corrected chi connectivity index (χ1v) is 16.1. The molecule has 46 heavy (non-hydrogen) atoms. The summed E-state index contributed by atoms with van der Waals surface area (Å²) >= 11 is 6.76. The molecule has 2 amide bonds. The third-order valence-corrected chi connectivity index (χ3v) is 8.49. The first-order valence-electron chi connectivity index (χ1n) is 15.7. The molecule has 8 nitrogen and oxygen atoms in total. The van der Waals surface area contributed by atoms with Crippen LogP contribution in [0.3, 0.4) is 0 Å². The Kier molecular flexibility index (Phi) is 12.1. The van der Waals surface area contributed by atoms with Crippen LogP contribution in [0.15, 0.2) is 54.6 Å². The maximum absolute atomic E-state index is 16.0. The average molecular weight is 654 g/mol. The van der Waals surface area contributed by atoms with E-state index in [1.165, 1.54) is 19.2 Å². The lowest BCUT2D eigenvalue weighted by Gasteiger charge is -2.32. The number of hydrogen-bond acceptors (Lipinski definition) is 6. The van der Waals surface area contributed by atoms with Gasteiger partial charge in [-0.2, -0.15) is 0 Å². The van der Waals surface area contributed by atoms with Gasteiger partial charge in [-0.15, -0.1) is 0 Å². The van der Waals surface area contributed by atoms with Gasteiger partial charge in [0.25, 0.3) is 0 Å². The zero-order valence-electron chi connectivity index (χ0n) is 27.3. The summed E-state index contributed by atoms with van der Waals surface area (Å²) in [4.78, 5) is 24.7. The molecule has 1 aliphatic carbocycles. The predicted molar refractivity (Wildman–Crippen MR) is 179 cm³/mol. The minimum atomic E-state index is -0.770. The second-order valence-electron chi connectivity index (χ2n) is 12.8. The Hall–Kier alpha value is -3.66. The van der Waals surface area contributed by atoms with Crippen molar-refractivity contribution in [3.8, 4) is 16.9 Å². The highest BCUT2D eigenvalue weighted by Gasteiger charge is 2.28. The van der Waals surface area contributed by atoms with Crippen LogP contribution in [0.5, 0.6) is 5.75 Å². The summed E-state index contributed by atoms with van der Waals surface area (Å²) < 4.78 is 32.1. The van der Waals surface area contributed by atoms with Gasteiger partial charge in [-0.25, -0.2) is 9.18 Å². The number of nitrogens with one attached hydrogen (secondary N) is 2. The van der Waals surface area contributed by atoms with Gasteiger partial charge in [0, 0.05) is 47.8 Å². The Morgan fingerprint density at radius 2 is 1.70 bits per heavy atom. The van der Waals surface area contributed by atoms with Gasteiger partial charge in [-0.1, -0.05) is 41.9 Å². The molecule has 0 aliphatic heterocycles. The molecule has 3 aromatic carbocycles. The zero-order chi connectivity index (χ0) is 33.4. The van der Waals surface area contributed by atoms with Crippen molar-refractivity contribution in [1.82, 2.24) is 10.6 Å². The normalized spacial score (nSPS) is 17.3. The topological polar surface area (TPSA) is 112 Å². The van der Waals surface area contributed by atoms with Crippen LogP contribution < -0.4 is 21.1 Å². The third-order valence-electron chi connectivity index (χ3n) is 8.18. The number of rotatable bonds is 12. The second kappa shape index (κ2) is 15.8. The first kappa shape index (κ1) is 35.2. The number of amides is 2. The number of nitrogens with two attached hydrogens (primary N) is 1. The maximum atomic E-state index is 16.0. The molecule has 0 radical (unpaired) electrons. The van der Waals surface area contributed by atoms with E-state index in [4.69, 9.17) is 31.5 Å². The highest BCUT2D eigenvalue weighted by molar-refractivity contribution is 6.33. The number of ether oxygens (including phenoxy) is 3. The fraction of sp³-hybridized carbons (Fsp3) is 0.444. The van der Waals surface area contributed by atoms with Crippen molar-refractivity contribution in [3.63, 3.8) is 0 Å². The number of benzene rings is 3. The molecule has 0 heterocycles. The van der Waals surface area contributed by atoms with Crippen molar-refractivity contribution >= 4 is 23.6 Å². The van der Waals surface area contributed by atoms with Gasteiger partial charge in [-0.3, -0.25) is 4.79 Å². The molecule has 10 heteroatoms. The van der Waals surface area contributed by atoms with Crippen LogP contribution in [0.4, 0.5) is 9.18 Å². The molecule has 0 aromatic heterocycles. The summed E-state index contributed by atoms with van der Waals surface area (Å²) in [6, 6.07) is 17.0. The Bertz CT molecular complexity index is 1500. The van der Waals surface area contributed by atoms with E-state index in [-0.39, 0.29) is 54.2 Å². The fourth-order valence-corrected chi connectivity index (χ4v) is 6.23. The van der Waals surface area contributed by atoms with Crippen LogP contribution >= 0.6 is 11.6 Å². The van der Waals surface area contributed by atoms with Crippen LogP contribution in [0.25, 0.3) is 11.1 Å². The number of carbonyl (C=O) groups is 2. The van der Waals surface area contributed by atoms with Gasteiger partial charge < -0.3 is 30.6 Å². The van der Waals surface area contributed by atoms with Crippen molar-refractivity contribution in [3.05, 3.63) is 87.7 Å². The lowest BCUT2D eigenvalue weighted by atomic mass is 9.84. The molecule has 3 aromatic rings. The van der Waals surface area contributed by atoms with Gasteiger partial charge >= 0.3 is 6.09 Å². The Morgan fingerprint density at radius 3 is 2.33 bits per heavy atom. The van der Waals surface area contributed by atoms with Crippen LogP contribution in [0, 0.1) is 12.7 Å². The molecule has 1 aliphatic rings. The second-order valence-corrected chi connectivity index (χ2v) is 13.2. The number of alkyl carbamates (subject to hydrolysis) is 1. The van der Waals surface area contributed by atoms with Crippen molar-refractivity contribution in [2.45, 2.75) is 77.0 Å². The summed E-state index contributed by atoms with van der Waals surface area (Å²) in [5.74, 6) is -1.60. The van der Waals surface area contributed by atoms with Crippen LogP contribution in [0.1, 0.15) is 79.4 Å². The molecule has 0 saturated heterocycles. The van der Waals surface area contributed by atoms with E-state index in [9.17, 15) is 9.59 Å². The van der Waals surface area contributed by atoms with Crippen molar-refractivity contribution in [2.24, 2.45) is 5.73 Å². The standard InChI is InChI=1S/C36H45ClFN3O5/c1-22-19-30(37)28(32-26(34(39)42)15-16-31(33(32)38)45-18-17-44-5)20-27(22)29(23-9-7-6-8-10-23)21-40-24-11-13-25(14-12-24)41-35(43)46-36(2,3)4/h6-10,15-16,19-20,24-25,29,40H,11-14,17-18,21H2,1-5H3,(H2,39,42)(H,41,43). The molecule has 1 saturated carbocycles. The molecule has 4 rings (SSSR count). The number of halogens is 2. The lowest BCUT2D eigenvalue weighted by Crippen LogP contribution is -2.44. The number of primary amides is 1. The van der Waals surface area contributed by atoms with E-state index < -0.39 is 17.3 Å². The largest absolute Gasteiger partial charge is 0.488 e. The van der Waals surface area contributed by atoms with Crippen molar-refractivity contribution in [1.29, 1.82) is 0 Å². The van der Waals surface area contributed by atoms with E-state index >= 15 is 4.39 Å². The Morgan fingerprint density at radius 1 is 1.02 bits per heavy atom. The SMILES string of the molecule is COCCOc1ccc(C(N)=O)c(-c2cc(C(CNC3CCC(NC(=O)OC(C)(C)C)CC3)c3ccccc3)c(C)cc2Cl)c1F. The molecule has 248 valence electrons. The smallest absolute Gasteiger partial charge is 0.407 e.